The van der Waals surface area contributed by atoms with E-state index in [1.165, 1.54) is 0 Å². The topological polar surface area (TPSA) is 30.5 Å². The van der Waals surface area contributed by atoms with Gasteiger partial charge in [-0.3, -0.25) is 0 Å². The molecule has 4 heteroatoms. The Morgan fingerprint density at radius 2 is 2.10 bits per heavy atom. The Labute approximate surface area is 129 Å². The summed E-state index contributed by atoms with van der Waals surface area (Å²) in [5.41, 5.74) is 1.09. The third kappa shape index (κ3) is 3.14. The first-order valence-electron chi connectivity index (χ1n) is 7.06. The second-order valence-corrected chi connectivity index (χ2v) is 5.60. The summed E-state index contributed by atoms with van der Waals surface area (Å²) in [6.45, 7) is 1.47. The molecule has 0 amide bonds. The van der Waals surface area contributed by atoms with Crippen molar-refractivity contribution in [2.75, 3.05) is 20.2 Å². The lowest BCUT2D eigenvalue weighted by atomic mass is 9.93. The van der Waals surface area contributed by atoms with Crippen LogP contribution in [0.4, 0.5) is 0 Å². The molecule has 2 atom stereocenters. The fourth-order valence-corrected chi connectivity index (χ4v) is 2.84. The van der Waals surface area contributed by atoms with E-state index in [0.29, 0.717) is 11.6 Å². The largest absolute Gasteiger partial charge is 0.493 e. The number of ether oxygens (including phenoxy) is 2. The number of nitrogens with one attached hydrogen (secondary N) is 1. The third-order valence-corrected chi connectivity index (χ3v) is 3.87. The van der Waals surface area contributed by atoms with Crippen molar-refractivity contribution in [3.8, 4) is 11.5 Å². The molecule has 2 aromatic rings. The normalized spacial score (nSPS) is 20.5. The Balaban J connectivity index is 1.91. The van der Waals surface area contributed by atoms with Crippen LogP contribution in [-0.4, -0.2) is 20.2 Å². The molecular weight excluding hydrogens is 286 g/mol. The van der Waals surface area contributed by atoms with Crippen molar-refractivity contribution in [1.29, 1.82) is 0 Å². The zero-order valence-corrected chi connectivity index (χ0v) is 12.6. The van der Waals surface area contributed by atoms with E-state index < -0.39 is 0 Å². The van der Waals surface area contributed by atoms with Crippen LogP contribution in [0.1, 0.15) is 11.7 Å². The van der Waals surface area contributed by atoms with E-state index in [-0.39, 0.29) is 12.0 Å². The Kier molecular flexibility index (Phi) is 4.32. The van der Waals surface area contributed by atoms with Crippen LogP contribution < -0.4 is 14.8 Å². The summed E-state index contributed by atoms with van der Waals surface area (Å²) >= 11 is 6.04. The van der Waals surface area contributed by atoms with Crippen LogP contribution in [0.15, 0.2) is 48.5 Å². The molecule has 1 heterocycles. The number of para-hydroxylation sites is 1. The van der Waals surface area contributed by atoms with Crippen molar-refractivity contribution in [2.45, 2.75) is 6.10 Å². The van der Waals surface area contributed by atoms with Gasteiger partial charge in [-0.1, -0.05) is 35.9 Å². The number of hydrogen-bond donors (Lipinski definition) is 1. The van der Waals surface area contributed by atoms with E-state index in [1.54, 1.807) is 0 Å². The van der Waals surface area contributed by atoms with Gasteiger partial charge in [0.2, 0.25) is 0 Å². The van der Waals surface area contributed by atoms with Crippen LogP contribution in [0.2, 0.25) is 5.02 Å². The molecule has 21 heavy (non-hydrogen) atoms. The van der Waals surface area contributed by atoms with Gasteiger partial charge in [-0.2, -0.15) is 0 Å². The molecule has 0 bridgehead atoms. The summed E-state index contributed by atoms with van der Waals surface area (Å²) in [6, 6.07) is 15.6. The minimum Gasteiger partial charge on any atom is -0.493 e. The van der Waals surface area contributed by atoms with Gasteiger partial charge >= 0.3 is 0 Å². The SMILES string of the molecule is CNCC1COc2ccccc2C1Oc1cccc(Cl)c1. The van der Waals surface area contributed by atoms with Crippen molar-refractivity contribution in [1.82, 2.24) is 5.32 Å². The lowest BCUT2D eigenvalue weighted by molar-refractivity contribution is 0.0704. The van der Waals surface area contributed by atoms with Crippen LogP contribution >= 0.6 is 11.6 Å². The quantitative estimate of drug-likeness (QED) is 0.934. The second kappa shape index (κ2) is 6.37. The highest BCUT2D eigenvalue weighted by Crippen LogP contribution is 2.38. The zero-order valence-electron chi connectivity index (χ0n) is 11.9. The van der Waals surface area contributed by atoms with Crippen molar-refractivity contribution in [3.05, 3.63) is 59.1 Å². The van der Waals surface area contributed by atoms with Crippen LogP contribution in [0, 0.1) is 5.92 Å². The number of halogens is 1. The fourth-order valence-electron chi connectivity index (χ4n) is 2.66. The van der Waals surface area contributed by atoms with Gasteiger partial charge in [-0.15, -0.1) is 0 Å². The van der Waals surface area contributed by atoms with Gasteiger partial charge < -0.3 is 14.8 Å². The summed E-state index contributed by atoms with van der Waals surface area (Å²) in [4.78, 5) is 0. The molecule has 0 radical (unpaired) electrons. The van der Waals surface area contributed by atoms with Gasteiger partial charge in [0.15, 0.2) is 0 Å². The Hall–Kier alpha value is -1.71. The smallest absolute Gasteiger partial charge is 0.135 e. The minimum atomic E-state index is -0.0409. The molecule has 2 unspecified atom stereocenters. The molecule has 110 valence electrons. The summed E-state index contributed by atoms with van der Waals surface area (Å²) in [5, 5.41) is 3.89. The number of fused-ring (bicyclic) bond motifs is 1. The summed E-state index contributed by atoms with van der Waals surface area (Å²) < 4.78 is 12.1. The molecule has 0 fully saturated rings. The standard InChI is InChI=1S/C17H18ClNO2/c1-19-10-12-11-20-16-8-3-2-7-15(16)17(12)21-14-6-4-5-13(18)9-14/h2-9,12,17,19H,10-11H2,1H3. The van der Waals surface area contributed by atoms with Crippen molar-refractivity contribution >= 4 is 11.6 Å². The van der Waals surface area contributed by atoms with E-state index in [1.807, 2.05) is 49.5 Å². The van der Waals surface area contributed by atoms with E-state index >= 15 is 0 Å². The van der Waals surface area contributed by atoms with Gasteiger partial charge in [0, 0.05) is 23.0 Å². The molecule has 2 aromatic carbocycles. The molecule has 0 saturated heterocycles. The number of rotatable bonds is 4. The maximum Gasteiger partial charge on any atom is 0.135 e. The zero-order chi connectivity index (χ0) is 14.7. The van der Waals surface area contributed by atoms with Gasteiger partial charge in [-0.05, 0) is 31.3 Å². The third-order valence-electron chi connectivity index (χ3n) is 3.63. The highest BCUT2D eigenvalue weighted by atomic mass is 35.5. The molecule has 3 rings (SSSR count). The first-order chi connectivity index (χ1) is 10.3. The average Bonchev–Trinajstić information content (AvgIpc) is 2.50. The highest BCUT2D eigenvalue weighted by Gasteiger charge is 2.32. The van der Waals surface area contributed by atoms with Crippen LogP contribution in [0.3, 0.4) is 0 Å². The van der Waals surface area contributed by atoms with Gasteiger partial charge in [0.1, 0.15) is 17.6 Å². The lowest BCUT2D eigenvalue weighted by Gasteiger charge is -2.33. The fraction of sp³-hybridized carbons (Fsp3) is 0.294. The summed E-state index contributed by atoms with van der Waals surface area (Å²) in [5.74, 6) is 1.94. The Morgan fingerprint density at radius 1 is 1.24 bits per heavy atom. The van der Waals surface area contributed by atoms with Crippen LogP contribution in [0.25, 0.3) is 0 Å². The predicted molar refractivity (Wildman–Crippen MR) is 84.2 cm³/mol. The van der Waals surface area contributed by atoms with Crippen molar-refractivity contribution in [3.63, 3.8) is 0 Å². The molecule has 0 aromatic heterocycles. The van der Waals surface area contributed by atoms with E-state index in [4.69, 9.17) is 21.1 Å². The van der Waals surface area contributed by atoms with Crippen molar-refractivity contribution in [2.24, 2.45) is 5.92 Å². The van der Waals surface area contributed by atoms with E-state index in [2.05, 4.69) is 11.4 Å². The molecule has 0 aliphatic carbocycles. The summed E-state index contributed by atoms with van der Waals surface area (Å²) in [7, 11) is 1.94. The molecule has 0 spiro atoms. The molecule has 3 nitrogen and oxygen atoms in total. The molecule has 0 saturated carbocycles. The molecule has 1 aliphatic heterocycles. The van der Waals surface area contributed by atoms with Gasteiger partial charge in [0.05, 0.1) is 6.61 Å². The monoisotopic (exact) mass is 303 g/mol. The second-order valence-electron chi connectivity index (χ2n) is 5.16. The molecule has 1 N–H and O–H groups in total. The first-order valence-corrected chi connectivity index (χ1v) is 7.44. The maximum atomic E-state index is 6.22. The first kappa shape index (κ1) is 14.2. The van der Waals surface area contributed by atoms with Gasteiger partial charge in [0.25, 0.3) is 0 Å². The van der Waals surface area contributed by atoms with E-state index in [9.17, 15) is 0 Å². The average molecular weight is 304 g/mol. The predicted octanol–water partition coefficient (Wildman–Crippen LogP) is 3.69. The van der Waals surface area contributed by atoms with Crippen LogP contribution in [-0.2, 0) is 0 Å². The lowest BCUT2D eigenvalue weighted by Crippen LogP contribution is -2.35. The molecular formula is C17H18ClNO2. The summed E-state index contributed by atoms with van der Waals surface area (Å²) in [6.07, 6.45) is -0.0409. The van der Waals surface area contributed by atoms with Gasteiger partial charge in [-0.25, -0.2) is 0 Å². The van der Waals surface area contributed by atoms with Crippen molar-refractivity contribution < 1.29 is 9.47 Å². The minimum absolute atomic E-state index is 0.0409. The molecule has 1 aliphatic rings. The highest BCUT2D eigenvalue weighted by molar-refractivity contribution is 6.30. The van der Waals surface area contributed by atoms with Crippen LogP contribution in [0.5, 0.6) is 11.5 Å². The number of benzene rings is 2. The Bertz CT molecular complexity index is 617. The maximum absolute atomic E-state index is 6.22. The Morgan fingerprint density at radius 3 is 2.90 bits per heavy atom. The van der Waals surface area contributed by atoms with E-state index in [0.717, 1.165) is 23.6 Å². The number of hydrogen-bond acceptors (Lipinski definition) is 3.